The average Bonchev–Trinajstić information content (AvgIpc) is 3.13. The van der Waals surface area contributed by atoms with Crippen LogP contribution in [0.5, 0.6) is 0 Å². The lowest BCUT2D eigenvalue weighted by atomic mass is 10.1. The fraction of sp³-hybridized carbons (Fsp3) is 0.588. The highest BCUT2D eigenvalue weighted by Crippen LogP contribution is 2.14. The van der Waals surface area contributed by atoms with E-state index in [4.69, 9.17) is 4.52 Å². The van der Waals surface area contributed by atoms with Gasteiger partial charge in [-0.1, -0.05) is 11.6 Å². The quantitative estimate of drug-likeness (QED) is 0.906. The molecule has 0 saturated carbocycles. The summed E-state index contributed by atoms with van der Waals surface area (Å²) in [7, 11) is 1.95. The summed E-state index contributed by atoms with van der Waals surface area (Å²) in [6.07, 6.45) is 3.77. The summed E-state index contributed by atoms with van der Waals surface area (Å²) in [5, 5.41) is 6.87. The van der Waals surface area contributed by atoms with Gasteiger partial charge in [0.05, 0.1) is 18.7 Å². The van der Waals surface area contributed by atoms with E-state index in [1.165, 1.54) is 19.3 Å². The number of aryl methyl sites for hydroxylation is 1. The smallest absolute Gasteiger partial charge is 0.253 e. The van der Waals surface area contributed by atoms with E-state index in [2.05, 4.69) is 20.4 Å². The van der Waals surface area contributed by atoms with Crippen LogP contribution in [0.25, 0.3) is 0 Å². The second-order valence-electron chi connectivity index (χ2n) is 6.47. The Morgan fingerprint density at radius 1 is 1.29 bits per heavy atom. The minimum atomic E-state index is -0.119. The molecule has 0 aromatic carbocycles. The summed E-state index contributed by atoms with van der Waals surface area (Å²) in [6.45, 7) is 7.06. The summed E-state index contributed by atoms with van der Waals surface area (Å²) < 4.78 is 7.24. The van der Waals surface area contributed by atoms with Gasteiger partial charge in [0.2, 0.25) is 5.89 Å². The van der Waals surface area contributed by atoms with Crippen LogP contribution in [0.4, 0.5) is 0 Å². The molecule has 1 aliphatic rings. The van der Waals surface area contributed by atoms with Crippen molar-refractivity contribution >= 4 is 5.91 Å². The number of carbonyl (C=O) groups excluding carboxylic acids is 1. The molecule has 1 saturated heterocycles. The Hall–Kier alpha value is -2.15. The third-order valence-electron chi connectivity index (χ3n) is 4.74. The molecule has 1 amide bonds. The van der Waals surface area contributed by atoms with Crippen molar-refractivity contribution in [3.63, 3.8) is 0 Å². The van der Waals surface area contributed by atoms with Crippen molar-refractivity contribution in [2.24, 2.45) is 7.05 Å². The molecule has 0 atom stereocenters. The van der Waals surface area contributed by atoms with E-state index in [9.17, 15) is 4.79 Å². The number of rotatable bonds is 5. The fourth-order valence-corrected chi connectivity index (χ4v) is 3.08. The Morgan fingerprint density at radius 3 is 2.71 bits per heavy atom. The lowest BCUT2D eigenvalue weighted by molar-refractivity contribution is 0.0945. The Balaban J connectivity index is 1.55. The molecule has 0 spiro atoms. The maximum absolute atomic E-state index is 12.3. The van der Waals surface area contributed by atoms with E-state index in [-0.39, 0.29) is 12.5 Å². The number of carbonyl (C=O) groups is 1. The van der Waals surface area contributed by atoms with E-state index in [1.807, 2.05) is 31.5 Å². The van der Waals surface area contributed by atoms with Gasteiger partial charge >= 0.3 is 0 Å². The van der Waals surface area contributed by atoms with E-state index >= 15 is 0 Å². The van der Waals surface area contributed by atoms with Crippen LogP contribution in [-0.2, 0) is 20.1 Å². The van der Waals surface area contributed by atoms with Crippen LogP contribution in [0.3, 0.4) is 0 Å². The second-order valence-corrected chi connectivity index (χ2v) is 6.47. The first kappa shape index (κ1) is 16.7. The third kappa shape index (κ3) is 3.67. The Morgan fingerprint density at radius 2 is 2.04 bits per heavy atom. The second kappa shape index (κ2) is 7.17. The monoisotopic (exact) mass is 331 g/mol. The van der Waals surface area contributed by atoms with Crippen molar-refractivity contribution in [2.75, 3.05) is 13.1 Å². The number of hydrogen-bond donors (Lipinski definition) is 1. The molecule has 2 aromatic heterocycles. The van der Waals surface area contributed by atoms with Crippen LogP contribution in [0, 0.1) is 13.8 Å². The normalized spacial score (nSPS) is 15.6. The zero-order valence-corrected chi connectivity index (χ0v) is 14.6. The molecule has 3 rings (SSSR count). The molecule has 7 nitrogen and oxygen atoms in total. The van der Waals surface area contributed by atoms with Gasteiger partial charge in [0.25, 0.3) is 5.91 Å². The number of nitrogens with one attached hydrogen (secondary N) is 1. The third-order valence-corrected chi connectivity index (χ3v) is 4.74. The van der Waals surface area contributed by atoms with Gasteiger partial charge in [0.1, 0.15) is 0 Å². The summed E-state index contributed by atoms with van der Waals surface area (Å²) in [5.74, 6) is 1.01. The van der Waals surface area contributed by atoms with Crippen molar-refractivity contribution in [1.82, 2.24) is 24.9 Å². The SMILES string of the molecule is Cc1cc(C(=O)NCc2nc(CN3CCCCC3)no2)c(C)n1C. The summed E-state index contributed by atoms with van der Waals surface area (Å²) in [5.41, 5.74) is 2.68. The first-order chi connectivity index (χ1) is 11.5. The molecule has 0 unspecified atom stereocenters. The van der Waals surface area contributed by atoms with Crippen LogP contribution in [0.1, 0.15) is 52.7 Å². The van der Waals surface area contributed by atoms with Crippen LogP contribution in [-0.4, -0.2) is 38.6 Å². The highest BCUT2D eigenvalue weighted by atomic mass is 16.5. The molecule has 24 heavy (non-hydrogen) atoms. The van der Waals surface area contributed by atoms with Crippen molar-refractivity contribution in [1.29, 1.82) is 0 Å². The maximum atomic E-state index is 12.3. The molecule has 2 aromatic rings. The predicted molar refractivity (Wildman–Crippen MR) is 89.5 cm³/mol. The van der Waals surface area contributed by atoms with Crippen molar-refractivity contribution in [2.45, 2.75) is 46.2 Å². The number of amides is 1. The molecule has 1 aliphatic heterocycles. The topological polar surface area (TPSA) is 76.2 Å². The van der Waals surface area contributed by atoms with Crippen LogP contribution < -0.4 is 5.32 Å². The maximum Gasteiger partial charge on any atom is 0.253 e. The first-order valence-electron chi connectivity index (χ1n) is 8.49. The lowest BCUT2D eigenvalue weighted by Gasteiger charge is -2.24. The van der Waals surface area contributed by atoms with Crippen molar-refractivity contribution < 1.29 is 9.32 Å². The van der Waals surface area contributed by atoms with E-state index < -0.39 is 0 Å². The molecule has 0 aliphatic carbocycles. The molecule has 1 N–H and O–H groups in total. The number of nitrogens with zero attached hydrogens (tertiary/aromatic N) is 4. The zero-order valence-electron chi connectivity index (χ0n) is 14.6. The fourth-order valence-electron chi connectivity index (χ4n) is 3.08. The molecule has 1 fully saturated rings. The standard InChI is InChI=1S/C17H25N5O2/c1-12-9-14(13(2)21(12)3)17(23)18-10-16-19-15(20-24-16)11-22-7-5-4-6-8-22/h9H,4-8,10-11H2,1-3H3,(H,18,23). The first-order valence-corrected chi connectivity index (χ1v) is 8.49. The van der Waals surface area contributed by atoms with E-state index in [1.54, 1.807) is 0 Å². The molecule has 130 valence electrons. The molecule has 0 radical (unpaired) electrons. The van der Waals surface area contributed by atoms with E-state index in [0.29, 0.717) is 23.8 Å². The largest absolute Gasteiger partial charge is 0.351 e. The summed E-state index contributed by atoms with van der Waals surface area (Å²) in [6, 6.07) is 1.89. The minimum Gasteiger partial charge on any atom is -0.351 e. The predicted octanol–water partition coefficient (Wildman–Crippen LogP) is 1.94. The van der Waals surface area contributed by atoms with Gasteiger partial charge in [-0.25, -0.2) is 0 Å². The van der Waals surface area contributed by atoms with E-state index in [0.717, 1.165) is 24.5 Å². The average molecular weight is 331 g/mol. The van der Waals surface area contributed by atoms with Gasteiger partial charge in [0, 0.05) is 18.4 Å². The number of likely N-dealkylation sites (tertiary alicyclic amines) is 1. The minimum absolute atomic E-state index is 0.119. The van der Waals surface area contributed by atoms with Gasteiger partial charge in [-0.05, 0) is 45.8 Å². The molecular formula is C17H25N5O2. The Labute approximate surface area is 142 Å². The highest BCUT2D eigenvalue weighted by Gasteiger charge is 2.17. The number of hydrogen-bond acceptors (Lipinski definition) is 5. The zero-order chi connectivity index (χ0) is 17.1. The summed E-state index contributed by atoms with van der Waals surface area (Å²) in [4.78, 5) is 19.0. The molecule has 0 bridgehead atoms. The molecule has 3 heterocycles. The lowest BCUT2D eigenvalue weighted by Crippen LogP contribution is -2.29. The molecule has 7 heteroatoms. The highest BCUT2D eigenvalue weighted by molar-refractivity contribution is 5.95. The summed E-state index contributed by atoms with van der Waals surface area (Å²) >= 11 is 0. The Kier molecular flexibility index (Phi) is 4.99. The van der Waals surface area contributed by atoms with Crippen LogP contribution in [0.15, 0.2) is 10.6 Å². The van der Waals surface area contributed by atoms with Gasteiger partial charge in [-0.15, -0.1) is 0 Å². The van der Waals surface area contributed by atoms with Gasteiger partial charge in [-0.3, -0.25) is 9.69 Å². The van der Waals surface area contributed by atoms with Crippen molar-refractivity contribution in [3.8, 4) is 0 Å². The Bertz CT molecular complexity index is 713. The number of piperidine rings is 1. The van der Waals surface area contributed by atoms with Crippen molar-refractivity contribution in [3.05, 3.63) is 34.7 Å². The van der Waals surface area contributed by atoms with Gasteiger partial charge in [0.15, 0.2) is 5.82 Å². The van der Waals surface area contributed by atoms with Gasteiger partial charge in [-0.2, -0.15) is 4.98 Å². The number of aromatic nitrogens is 3. The van der Waals surface area contributed by atoms with Crippen LogP contribution in [0.2, 0.25) is 0 Å². The van der Waals surface area contributed by atoms with Crippen LogP contribution >= 0.6 is 0 Å². The molecular weight excluding hydrogens is 306 g/mol. The van der Waals surface area contributed by atoms with Gasteiger partial charge < -0.3 is 14.4 Å².